The van der Waals surface area contributed by atoms with Crippen molar-refractivity contribution in [2.45, 2.75) is 43.6 Å². The standard InChI is InChI=1S/C18H20ClN3O3S/c19-13-3-5-14(6-4-13)24-9-17-21-22-18(25-17)26-10-16(23)20-15-8-11-1-2-12(15)7-11/h3-6,11-12,15H,1-2,7-10H2,(H,20,23)/t11-,12-,15-/m1/s1. The van der Waals surface area contributed by atoms with E-state index in [4.69, 9.17) is 20.8 Å². The zero-order valence-corrected chi connectivity index (χ0v) is 15.8. The van der Waals surface area contributed by atoms with Gasteiger partial charge in [-0.15, -0.1) is 10.2 Å². The van der Waals surface area contributed by atoms with E-state index in [1.807, 2.05) is 0 Å². The zero-order valence-electron chi connectivity index (χ0n) is 14.2. The number of carbonyl (C=O) groups excluding carboxylic acids is 1. The summed E-state index contributed by atoms with van der Waals surface area (Å²) in [6.07, 6.45) is 4.99. The van der Waals surface area contributed by atoms with Crippen LogP contribution < -0.4 is 10.1 Å². The monoisotopic (exact) mass is 393 g/mol. The molecule has 2 saturated carbocycles. The van der Waals surface area contributed by atoms with Crippen molar-refractivity contribution in [1.82, 2.24) is 15.5 Å². The van der Waals surface area contributed by atoms with E-state index in [1.165, 1.54) is 31.0 Å². The third kappa shape index (κ3) is 4.32. The van der Waals surface area contributed by atoms with E-state index in [0.717, 1.165) is 12.3 Å². The van der Waals surface area contributed by atoms with Gasteiger partial charge in [0.2, 0.25) is 5.91 Å². The van der Waals surface area contributed by atoms with Gasteiger partial charge in [-0.2, -0.15) is 0 Å². The van der Waals surface area contributed by atoms with Crippen LogP contribution in [0.5, 0.6) is 5.75 Å². The molecule has 1 aromatic carbocycles. The molecule has 1 heterocycles. The normalized spacial score (nSPS) is 24.0. The van der Waals surface area contributed by atoms with Crippen LogP contribution in [0.15, 0.2) is 33.9 Å². The van der Waals surface area contributed by atoms with Crippen LogP contribution in [-0.4, -0.2) is 27.9 Å². The van der Waals surface area contributed by atoms with Crippen LogP contribution in [0.3, 0.4) is 0 Å². The van der Waals surface area contributed by atoms with Crippen molar-refractivity contribution in [3.8, 4) is 5.75 Å². The van der Waals surface area contributed by atoms with Gasteiger partial charge in [0.1, 0.15) is 5.75 Å². The molecule has 26 heavy (non-hydrogen) atoms. The second-order valence-corrected chi connectivity index (χ2v) is 8.20. The number of nitrogens with one attached hydrogen (secondary N) is 1. The predicted molar refractivity (Wildman–Crippen MR) is 98.2 cm³/mol. The Labute approximate surface area is 161 Å². The van der Waals surface area contributed by atoms with Gasteiger partial charge in [-0.1, -0.05) is 29.8 Å². The summed E-state index contributed by atoms with van der Waals surface area (Å²) in [5.41, 5.74) is 0. The van der Waals surface area contributed by atoms with Crippen LogP contribution in [0.25, 0.3) is 0 Å². The summed E-state index contributed by atoms with van der Waals surface area (Å²) in [4.78, 5) is 12.1. The second-order valence-electron chi connectivity index (χ2n) is 6.84. The molecule has 1 N–H and O–H groups in total. The molecule has 2 aromatic rings. The summed E-state index contributed by atoms with van der Waals surface area (Å²) in [5.74, 6) is 2.85. The topological polar surface area (TPSA) is 77.2 Å². The maximum atomic E-state index is 12.1. The van der Waals surface area contributed by atoms with Crippen molar-refractivity contribution in [2.75, 3.05) is 5.75 Å². The van der Waals surface area contributed by atoms with Gasteiger partial charge in [0.15, 0.2) is 6.61 Å². The van der Waals surface area contributed by atoms with Gasteiger partial charge in [-0.3, -0.25) is 4.79 Å². The van der Waals surface area contributed by atoms with Crippen LogP contribution in [0, 0.1) is 11.8 Å². The highest BCUT2D eigenvalue weighted by Crippen LogP contribution is 2.44. The molecule has 2 bridgehead atoms. The minimum atomic E-state index is 0.0321. The van der Waals surface area contributed by atoms with Gasteiger partial charge in [0.05, 0.1) is 5.75 Å². The fourth-order valence-electron chi connectivity index (χ4n) is 3.83. The lowest BCUT2D eigenvalue weighted by atomic mass is 9.95. The molecule has 0 spiro atoms. The number of thioether (sulfide) groups is 1. The number of hydrogen-bond acceptors (Lipinski definition) is 6. The Morgan fingerprint density at radius 2 is 2.12 bits per heavy atom. The number of rotatable bonds is 7. The highest BCUT2D eigenvalue weighted by atomic mass is 35.5. The van der Waals surface area contributed by atoms with Gasteiger partial charge in [-0.05, 0) is 55.4 Å². The summed E-state index contributed by atoms with van der Waals surface area (Å²) >= 11 is 7.08. The number of halogens is 1. The summed E-state index contributed by atoms with van der Waals surface area (Å²) in [5, 5.41) is 12.1. The molecule has 0 aliphatic heterocycles. The van der Waals surface area contributed by atoms with Crippen LogP contribution in [-0.2, 0) is 11.4 Å². The van der Waals surface area contributed by atoms with Crippen molar-refractivity contribution in [2.24, 2.45) is 11.8 Å². The molecular formula is C18H20ClN3O3S. The van der Waals surface area contributed by atoms with Crippen molar-refractivity contribution >= 4 is 29.3 Å². The predicted octanol–water partition coefficient (Wildman–Crippen LogP) is 3.70. The van der Waals surface area contributed by atoms with Gasteiger partial charge >= 0.3 is 0 Å². The first kappa shape index (κ1) is 17.7. The fourth-order valence-corrected chi connectivity index (χ4v) is 4.55. The Bertz CT molecular complexity index is 767. The molecule has 1 aromatic heterocycles. The third-order valence-corrected chi connectivity index (χ3v) is 6.11. The van der Waals surface area contributed by atoms with Crippen molar-refractivity contribution in [1.29, 1.82) is 0 Å². The van der Waals surface area contributed by atoms with Crippen molar-refractivity contribution < 1.29 is 13.9 Å². The lowest BCUT2D eigenvalue weighted by Crippen LogP contribution is -2.39. The van der Waals surface area contributed by atoms with E-state index in [2.05, 4.69) is 15.5 Å². The Morgan fingerprint density at radius 3 is 2.85 bits per heavy atom. The van der Waals surface area contributed by atoms with Gasteiger partial charge in [0, 0.05) is 11.1 Å². The van der Waals surface area contributed by atoms with Crippen LogP contribution in [0.2, 0.25) is 5.02 Å². The van der Waals surface area contributed by atoms with E-state index in [-0.39, 0.29) is 18.3 Å². The number of hydrogen-bond donors (Lipinski definition) is 1. The van der Waals surface area contributed by atoms with Crippen molar-refractivity contribution in [3.05, 3.63) is 35.2 Å². The molecule has 0 unspecified atom stereocenters. The minimum absolute atomic E-state index is 0.0321. The molecule has 2 aliphatic rings. The average Bonchev–Trinajstić information content (AvgIpc) is 3.36. The summed E-state index contributed by atoms with van der Waals surface area (Å²) in [6.45, 7) is 0.173. The zero-order chi connectivity index (χ0) is 17.9. The molecule has 3 atom stereocenters. The van der Waals surface area contributed by atoms with Crippen LogP contribution in [0.1, 0.15) is 31.6 Å². The van der Waals surface area contributed by atoms with E-state index in [0.29, 0.717) is 33.8 Å². The number of fused-ring (bicyclic) bond motifs is 2. The first-order valence-corrected chi connectivity index (χ1v) is 10.1. The Hall–Kier alpha value is -1.73. The number of aromatic nitrogens is 2. The SMILES string of the molecule is O=C(CSc1nnc(COc2ccc(Cl)cc2)o1)N[C@@H]1C[C@@H]2CC[C@@H]1C2. The molecule has 4 rings (SSSR count). The molecule has 2 aliphatic carbocycles. The third-order valence-electron chi connectivity index (χ3n) is 5.04. The maximum absolute atomic E-state index is 12.1. The number of carbonyl (C=O) groups is 1. The van der Waals surface area contributed by atoms with Crippen LogP contribution in [0.4, 0.5) is 0 Å². The molecule has 138 valence electrons. The van der Waals surface area contributed by atoms with Crippen LogP contribution >= 0.6 is 23.4 Å². The highest BCUT2D eigenvalue weighted by molar-refractivity contribution is 7.99. The number of ether oxygens (including phenoxy) is 1. The summed E-state index contributed by atoms with van der Waals surface area (Å²) in [7, 11) is 0. The fraction of sp³-hybridized carbons (Fsp3) is 0.500. The maximum Gasteiger partial charge on any atom is 0.277 e. The minimum Gasteiger partial charge on any atom is -0.484 e. The summed E-state index contributed by atoms with van der Waals surface area (Å²) < 4.78 is 11.1. The molecular weight excluding hydrogens is 374 g/mol. The van der Waals surface area contributed by atoms with Gasteiger partial charge in [-0.25, -0.2) is 0 Å². The summed E-state index contributed by atoms with van der Waals surface area (Å²) in [6, 6.07) is 7.40. The molecule has 0 saturated heterocycles. The molecule has 6 nitrogen and oxygen atoms in total. The quantitative estimate of drug-likeness (QED) is 0.723. The van der Waals surface area contributed by atoms with E-state index in [9.17, 15) is 4.79 Å². The number of nitrogens with zero attached hydrogens (tertiary/aromatic N) is 2. The first-order valence-electron chi connectivity index (χ1n) is 8.78. The highest BCUT2D eigenvalue weighted by Gasteiger charge is 2.40. The largest absolute Gasteiger partial charge is 0.484 e. The van der Waals surface area contributed by atoms with E-state index < -0.39 is 0 Å². The van der Waals surface area contributed by atoms with Crippen molar-refractivity contribution in [3.63, 3.8) is 0 Å². The number of benzene rings is 1. The molecule has 0 radical (unpaired) electrons. The van der Waals surface area contributed by atoms with E-state index >= 15 is 0 Å². The molecule has 2 fully saturated rings. The Balaban J connectivity index is 1.20. The van der Waals surface area contributed by atoms with Gasteiger partial charge in [0.25, 0.3) is 11.1 Å². The molecule has 8 heteroatoms. The Morgan fingerprint density at radius 1 is 1.27 bits per heavy atom. The lowest BCUT2D eigenvalue weighted by molar-refractivity contribution is -0.119. The Kier molecular flexibility index (Phi) is 5.36. The number of amides is 1. The molecule has 1 amide bonds. The second kappa shape index (κ2) is 7.88. The van der Waals surface area contributed by atoms with Gasteiger partial charge < -0.3 is 14.5 Å². The van der Waals surface area contributed by atoms with E-state index in [1.54, 1.807) is 24.3 Å². The smallest absolute Gasteiger partial charge is 0.277 e. The average molecular weight is 394 g/mol. The first-order chi connectivity index (χ1) is 12.7. The lowest BCUT2D eigenvalue weighted by Gasteiger charge is -2.22.